The monoisotopic (exact) mass is 286 g/mol. The van der Waals surface area contributed by atoms with Crippen LogP contribution in [0.25, 0.3) is 0 Å². The molecule has 2 aromatic rings. The van der Waals surface area contributed by atoms with Gasteiger partial charge in [-0.2, -0.15) is 5.10 Å². The molecule has 0 spiro atoms. The number of hydrogen-bond acceptors (Lipinski definition) is 4. The molecular formula is C15H14N2O2S. The predicted octanol–water partition coefficient (Wildman–Crippen LogP) is 2.88. The lowest BCUT2D eigenvalue weighted by Crippen LogP contribution is -2.17. The van der Waals surface area contributed by atoms with E-state index in [2.05, 4.69) is 10.5 Å². The summed E-state index contributed by atoms with van der Waals surface area (Å²) >= 11 is 1.66. The van der Waals surface area contributed by atoms with E-state index >= 15 is 0 Å². The topological polar surface area (TPSA) is 61.7 Å². The van der Waals surface area contributed by atoms with E-state index in [4.69, 9.17) is 0 Å². The van der Waals surface area contributed by atoms with E-state index in [1.807, 2.05) is 30.5 Å². The van der Waals surface area contributed by atoms with Gasteiger partial charge >= 0.3 is 0 Å². The van der Waals surface area contributed by atoms with Gasteiger partial charge in [-0.25, -0.2) is 5.43 Å². The molecule has 0 saturated heterocycles. The molecule has 0 fully saturated rings. The number of carbonyl (C=O) groups is 1. The Bertz CT molecular complexity index is 624. The predicted molar refractivity (Wildman–Crippen MR) is 81.4 cm³/mol. The van der Waals surface area contributed by atoms with E-state index in [-0.39, 0.29) is 11.3 Å². The molecule has 0 aliphatic carbocycles. The summed E-state index contributed by atoms with van der Waals surface area (Å²) in [6.07, 6.45) is 3.57. The molecule has 0 atom stereocenters. The third-order valence-electron chi connectivity index (χ3n) is 2.64. The molecule has 2 rings (SSSR count). The lowest BCUT2D eigenvalue weighted by atomic mass is 10.2. The number of rotatable bonds is 4. The number of amides is 1. The van der Waals surface area contributed by atoms with Crippen LogP contribution in [-0.4, -0.2) is 23.5 Å². The Morgan fingerprint density at radius 3 is 2.55 bits per heavy atom. The van der Waals surface area contributed by atoms with Crippen molar-refractivity contribution in [3.8, 4) is 5.75 Å². The number of hydrazone groups is 1. The van der Waals surface area contributed by atoms with Crippen LogP contribution >= 0.6 is 11.8 Å². The molecule has 0 radical (unpaired) electrons. The number of aromatic hydroxyl groups is 1. The molecule has 0 heterocycles. The fourth-order valence-corrected chi connectivity index (χ4v) is 1.99. The van der Waals surface area contributed by atoms with Gasteiger partial charge in [0.05, 0.1) is 11.8 Å². The van der Waals surface area contributed by atoms with Crippen molar-refractivity contribution in [1.82, 2.24) is 5.43 Å². The van der Waals surface area contributed by atoms with Crippen molar-refractivity contribution in [2.75, 3.05) is 6.26 Å². The Hall–Kier alpha value is -2.27. The summed E-state index contributed by atoms with van der Waals surface area (Å²) in [5, 5.41) is 13.4. The lowest BCUT2D eigenvalue weighted by molar-refractivity contribution is 0.0952. The van der Waals surface area contributed by atoms with E-state index < -0.39 is 5.91 Å². The van der Waals surface area contributed by atoms with E-state index in [1.165, 1.54) is 17.0 Å². The number of phenols is 1. The van der Waals surface area contributed by atoms with E-state index in [1.54, 1.807) is 30.1 Å². The molecule has 102 valence electrons. The second-order valence-electron chi connectivity index (χ2n) is 3.99. The van der Waals surface area contributed by atoms with Gasteiger partial charge in [0, 0.05) is 4.90 Å². The van der Waals surface area contributed by atoms with Gasteiger partial charge in [-0.3, -0.25) is 4.79 Å². The smallest absolute Gasteiger partial charge is 0.275 e. The number of para-hydroxylation sites is 1. The Labute approximate surface area is 121 Å². The van der Waals surface area contributed by atoms with Gasteiger partial charge in [0.25, 0.3) is 5.91 Å². The van der Waals surface area contributed by atoms with Gasteiger partial charge in [-0.05, 0) is 36.1 Å². The first-order valence-electron chi connectivity index (χ1n) is 5.96. The second kappa shape index (κ2) is 6.77. The quantitative estimate of drug-likeness (QED) is 0.516. The largest absolute Gasteiger partial charge is 0.507 e. The third-order valence-corrected chi connectivity index (χ3v) is 3.39. The lowest BCUT2D eigenvalue weighted by Gasteiger charge is -2.02. The van der Waals surface area contributed by atoms with E-state index in [9.17, 15) is 9.90 Å². The Balaban J connectivity index is 1.99. The Morgan fingerprint density at radius 1 is 1.20 bits per heavy atom. The number of hydrogen-bond donors (Lipinski definition) is 2. The number of phenolic OH excluding ortho intramolecular Hbond substituents is 1. The van der Waals surface area contributed by atoms with Crippen molar-refractivity contribution in [3.63, 3.8) is 0 Å². The number of nitrogens with zero attached hydrogens (tertiary/aromatic N) is 1. The summed E-state index contributed by atoms with van der Waals surface area (Å²) in [5.41, 5.74) is 3.47. The average molecular weight is 286 g/mol. The molecule has 0 unspecified atom stereocenters. The van der Waals surface area contributed by atoms with Crippen molar-refractivity contribution in [2.45, 2.75) is 4.90 Å². The van der Waals surface area contributed by atoms with Crippen LogP contribution in [0.2, 0.25) is 0 Å². The summed E-state index contributed by atoms with van der Waals surface area (Å²) < 4.78 is 0. The third kappa shape index (κ3) is 3.61. The fraction of sp³-hybridized carbons (Fsp3) is 0.0667. The molecule has 0 aromatic heterocycles. The van der Waals surface area contributed by atoms with Crippen molar-refractivity contribution < 1.29 is 9.90 Å². The maximum absolute atomic E-state index is 11.8. The number of carbonyl (C=O) groups excluding carboxylic acids is 1. The van der Waals surface area contributed by atoms with Crippen molar-refractivity contribution >= 4 is 23.9 Å². The SMILES string of the molecule is CSc1ccc(/C=N/NC(=O)c2ccccc2O)cc1. The second-order valence-corrected chi connectivity index (χ2v) is 4.87. The summed E-state index contributed by atoms with van der Waals surface area (Å²) in [5.74, 6) is -0.510. The van der Waals surface area contributed by atoms with Crippen LogP contribution in [0.1, 0.15) is 15.9 Å². The zero-order valence-electron chi connectivity index (χ0n) is 10.9. The van der Waals surface area contributed by atoms with Crippen molar-refractivity contribution in [2.24, 2.45) is 5.10 Å². The highest BCUT2D eigenvalue weighted by Gasteiger charge is 2.08. The van der Waals surface area contributed by atoms with Crippen molar-refractivity contribution in [1.29, 1.82) is 0 Å². The van der Waals surface area contributed by atoms with Crippen LogP contribution in [0.15, 0.2) is 58.5 Å². The summed E-state index contributed by atoms with van der Waals surface area (Å²) in [4.78, 5) is 12.9. The number of nitrogens with one attached hydrogen (secondary N) is 1. The molecule has 5 heteroatoms. The fourth-order valence-electron chi connectivity index (χ4n) is 1.58. The van der Waals surface area contributed by atoms with Crippen LogP contribution in [0.5, 0.6) is 5.75 Å². The minimum Gasteiger partial charge on any atom is -0.507 e. The molecule has 2 N–H and O–H groups in total. The summed E-state index contributed by atoms with van der Waals surface area (Å²) in [6.45, 7) is 0. The molecule has 2 aromatic carbocycles. The van der Waals surface area contributed by atoms with Crippen LogP contribution in [0, 0.1) is 0 Å². The van der Waals surface area contributed by atoms with Gasteiger partial charge in [0.1, 0.15) is 5.75 Å². The highest BCUT2D eigenvalue weighted by Crippen LogP contribution is 2.15. The molecule has 1 amide bonds. The zero-order valence-corrected chi connectivity index (χ0v) is 11.7. The normalized spacial score (nSPS) is 10.7. The van der Waals surface area contributed by atoms with Gasteiger partial charge in [-0.1, -0.05) is 24.3 Å². The maximum atomic E-state index is 11.8. The first kappa shape index (κ1) is 14.1. The van der Waals surface area contributed by atoms with Crippen molar-refractivity contribution in [3.05, 3.63) is 59.7 Å². The van der Waals surface area contributed by atoms with E-state index in [0.29, 0.717) is 0 Å². The first-order valence-corrected chi connectivity index (χ1v) is 7.18. The molecular weight excluding hydrogens is 272 g/mol. The first-order chi connectivity index (χ1) is 9.70. The average Bonchev–Trinajstić information content (AvgIpc) is 2.48. The van der Waals surface area contributed by atoms with Gasteiger partial charge in [0.15, 0.2) is 0 Å². The summed E-state index contributed by atoms with van der Waals surface area (Å²) in [6, 6.07) is 14.1. The molecule has 4 nitrogen and oxygen atoms in total. The molecule has 0 aliphatic heterocycles. The van der Waals surface area contributed by atoms with E-state index in [0.717, 1.165) is 5.56 Å². The maximum Gasteiger partial charge on any atom is 0.275 e. The van der Waals surface area contributed by atoms with Gasteiger partial charge in [-0.15, -0.1) is 11.8 Å². The highest BCUT2D eigenvalue weighted by atomic mass is 32.2. The zero-order chi connectivity index (χ0) is 14.4. The standard InChI is InChI=1S/C15H14N2O2S/c1-20-12-8-6-11(7-9-12)10-16-17-15(19)13-4-2-3-5-14(13)18/h2-10,18H,1H3,(H,17,19)/b16-10+. The summed E-state index contributed by atoms with van der Waals surface area (Å²) in [7, 11) is 0. The van der Waals surface area contributed by atoms with Crippen LogP contribution in [0.3, 0.4) is 0 Å². The van der Waals surface area contributed by atoms with Crippen LogP contribution < -0.4 is 5.43 Å². The molecule has 0 aliphatic rings. The van der Waals surface area contributed by atoms with Crippen LogP contribution in [0.4, 0.5) is 0 Å². The Kier molecular flexibility index (Phi) is 4.79. The molecule has 0 saturated carbocycles. The molecule has 0 bridgehead atoms. The minimum atomic E-state index is -0.444. The molecule has 20 heavy (non-hydrogen) atoms. The van der Waals surface area contributed by atoms with Gasteiger partial charge < -0.3 is 5.11 Å². The highest BCUT2D eigenvalue weighted by molar-refractivity contribution is 7.98. The van der Waals surface area contributed by atoms with Crippen LogP contribution in [-0.2, 0) is 0 Å². The number of benzene rings is 2. The van der Waals surface area contributed by atoms with Gasteiger partial charge in [0.2, 0.25) is 0 Å². The number of thioether (sulfide) groups is 1. The Morgan fingerprint density at radius 2 is 1.90 bits per heavy atom. The minimum absolute atomic E-state index is 0.0653.